The van der Waals surface area contributed by atoms with Gasteiger partial charge < -0.3 is 20.3 Å². The van der Waals surface area contributed by atoms with Crippen molar-refractivity contribution in [3.05, 3.63) is 40.4 Å². The van der Waals surface area contributed by atoms with Crippen molar-refractivity contribution >= 4 is 34.1 Å². The highest BCUT2D eigenvalue weighted by molar-refractivity contribution is 7.13. The van der Waals surface area contributed by atoms with E-state index in [1.807, 2.05) is 30.5 Å². The number of aryl methyl sites for hydroxylation is 1. The standard InChI is InChI=1S/C22H32N4O3S/c1-14(2)17-8-7-9-18(15(3)4)20(17)25-22(28)26(10-11-29-6)12-19(27)24-21-23-16(5)13-30-21/h7-9,13-15H,10-12H2,1-6H3,(H,25,28)(H,23,24,27). The molecule has 0 bridgehead atoms. The normalized spacial score (nSPS) is 11.1. The summed E-state index contributed by atoms with van der Waals surface area (Å²) in [4.78, 5) is 31.3. The molecule has 30 heavy (non-hydrogen) atoms. The molecular formula is C22H32N4O3S. The first kappa shape index (κ1) is 23.8. The average Bonchev–Trinajstić information content (AvgIpc) is 3.09. The number of carbonyl (C=O) groups excluding carboxylic acids is 2. The van der Waals surface area contributed by atoms with Gasteiger partial charge in [0.2, 0.25) is 5.91 Å². The van der Waals surface area contributed by atoms with Crippen LogP contribution in [0.2, 0.25) is 0 Å². The number of nitrogens with zero attached hydrogens (tertiary/aromatic N) is 2. The zero-order chi connectivity index (χ0) is 22.3. The van der Waals surface area contributed by atoms with E-state index in [2.05, 4.69) is 43.3 Å². The summed E-state index contributed by atoms with van der Waals surface area (Å²) < 4.78 is 5.14. The van der Waals surface area contributed by atoms with Crippen LogP contribution < -0.4 is 10.6 Å². The molecule has 0 saturated carbocycles. The molecule has 0 unspecified atom stereocenters. The molecule has 0 aliphatic heterocycles. The summed E-state index contributed by atoms with van der Waals surface area (Å²) in [5.41, 5.74) is 3.81. The van der Waals surface area contributed by atoms with E-state index >= 15 is 0 Å². The summed E-state index contributed by atoms with van der Waals surface area (Å²) in [5.74, 6) is 0.211. The molecule has 0 atom stereocenters. The Morgan fingerprint density at radius 3 is 2.27 bits per heavy atom. The zero-order valence-electron chi connectivity index (χ0n) is 18.6. The fourth-order valence-corrected chi connectivity index (χ4v) is 3.78. The molecule has 0 aliphatic rings. The van der Waals surface area contributed by atoms with Gasteiger partial charge in [-0.1, -0.05) is 45.9 Å². The highest BCUT2D eigenvalue weighted by atomic mass is 32.1. The fourth-order valence-electron chi connectivity index (χ4n) is 3.08. The number of carbonyl (C=O) groups is 2. The number of aromatic nitrogens is 1. The fraction of sp³-hybridized carbons (Fsp3) is 0.500. The predicted octanol–water partition coefficient (Wildman–Crippen LogP) is 4.82. The second-order valence-electron chi connectivity index (χ2n) is 7.81. The van der Waals surface area contributed by atoms with Crippen molar-refractivity contribution in [2.45, 2.75) is 46.5 Å². The van der Waals surface area contributed by atoms with Crippen LogP contribution in [0.4, 0.5) is 15.6 Å². The highest BCUT2D eigenvalue weighted by Gasteiger charge is 2.21. The molecular weight excluding hydrogens is 400 g/mol. The maximum Gasteiger partial charge on any atom is 0.322 e. The third kappa shape index (κ3) is 6.53. The minimum atomic E-state index is -0.326. The van der Waals surface area contributed by atoms with Crippen molar-refractivity contribution < 1.29 is 14.3 Å². The van der Waals surface area contributed by atoms with Gasteiger partial charge in [-0.25, -0.2) is 9.78 Å². The predicted molar refractivity (Wildman–Crippen MR) is 123 cm³/mol. The van der Waals surface area contributed by atoms with E-state index in [1.165, 1.54) is 16.2 Å². The molecule has 164 valence electrons. The van der Waals surface area contributed by atoms with Crippen LogP contribution in [-0.4, -0.2) is 48.6 Å². The summed E-state index contributed by atoms with van der Waals surface area (Å²) in [6, 6.07) is 5.76. The van der Waals surface area contributed by atoms with Crippen molar-refractivity contribution in [3.8, 4) is 0 Å². The summed E-state index contributed by atoms with van der Waals surface area (Å²) in [7, 11) is 1.57. The van der Waals surface area contributed by atoms with Gasteiger partial charge in [0.15, 0.2) is 5.13 Å². The van der Waals surface area contributed by atoms with E-state index in [4.69, 9.17) is 4.74 Å². The van der Waals surface area contributed by atoms with E-state index in [9.17, 15) is 9.59 Å². The van der Waals surface area contributed by atoms with Crippen LogP contribution in [0.25, 0.3) is 0 Å². The summed E-state index contributed by atoms with van der Waals surface area (Å²) in [6.07, 6.45) is 0. The van der Waals surface area contributed by atoms with Crippen LogP contribution >= 0.6 is 11.3 Å². The number of hydrogen-bond acceptors (Lipinski definition) is 5. The van der Waals surface area contributed by atoms with Crippen LogP contribution in [0.1, 0.15) is 56.4 Å². The van der Waals surface area contributed by atoms with E-state index in [-0.39, 0.29) is 30.3 Å². The average molecular weight is 433 g/mol. The third-order valence-corrected chi connectivity index (χ3v) is 5.53. The Balaban J connectivity index is 2.20. The number of rotatable bonds is 9. The van der Waals surface area contributed by atoms with Gasteiger partial charge in [0.05, 0.1) is 12.3 Å². The first-order valence-electron chi connectivity index (χ1n) is 10.1. The minimum absolute atomic E-state index is 0.0886. The number of para-hydroxylation sites is 1. The maximum atomic E-state index is 13.1. The SMILES string of the molecule is COCCN(CC(=O)Nc1nc(C)cs1)C(=O)Nc1c(C(C)C)cccc1C(C)C. The van der Waals surface area contributed by atoms with E-state index in [0.29, 0.717) is 18.3 Å². The number of ether oxygens (including phenoxy) is 1. The second kappa shape index (κ2) is 11.1. The summed E-state index contributed by atoms with van der Waals surface area (Å²) >= 11 is 1.36. The van der Waals surface area contributed by atoms with Crippen molar-refractivity contribution in [2.24, 2.45) is 0 Å². The molecule has 0 fully saturated rings. The number of thiazole rings is 1. The molecule has 8 heteroatoms. The molecule has 7 nitrogen and oxygen atoms in total. The van der Waals surface area contributed by atoms with Crippen LogP contribution in [0.3, 0.4) is 0 Å². The van der Waals surface area contributed by atoms with E-state index in [0.717, 1.165) is 22.5 Å². The third-order valence-electron chi connectivity index (χ3n) is 4.66. The Hall–Kier alpha value is -2.45. The number of benzene rings is 1. The number of amides is 3. The van der Waals surface area contributed by atoms with E-state index < -0.39 is 0 Å². The van der Waals surface area contributed by atoms with Crippen molar-refractivity contribution in [2.75, 3.05) is 37.4 Å². The van der Waals surface area contributed by atoms with Gasteiger partial charge in [0, 0.05) is 24.7 Å². The topological polar surface area (TPSA) is 83.6 Å². The maximum absolute atomic E-state index is 13.1. The van der Waals surface area contributed by atoms with Crippen molar-refractivity contribution in [1.29, 1.82) is 0 Å². The number of hydrogen-bond donors (Lipinski definition) is 2. The van der Waals surface area contributed by atoms with Gasteiger partial charge in [-0.05, 0) is 29.9 Å². The zero-order valence-corrected chi connectivity index (χ0v) is 19.4. The Labute approximate surface area is 182 Å². The molecule has 0 aliphatic carbocycles. The number of nitrogens with one attached hydrogen (secondary N) is 2. The lowest BCUT2D eigenvalue weighted by molar-refractivity contribution is -0.116. The van der Waals surface area contributed by atoms with Gasteiger partial charge in [-0.15, -0.1) is 11.3 Å². The molecule has 2 aromatic rings. The number of anilines is 2. The lowest BCUT2D eigenvalue weighted by Gasteiger charge is -2.25. The molecule has 2 N–H and O–H groups in total. The Kier molecular flexibility index (Phi) is 8.80. The minimum Gasteiger partial charge on any atom is -0.383 e. The van der Waals surface area contributed by atoms with Gasteiger partial charge in [-0.2, -0.15) is 0 Å². The lowest BCUT2D eigenvalue weighted by Crippen LogP contribution is -2.42. The molecule has 3 amide bonds. The molecule has 1 heterocycles. The molecule has 0 saturated heterocycles. The van der Waals surface area contributed by atoms with Crippen LogP contribution in [0.5, 0.6) is 0 Å². The van der Waals surface area contributed by atoms with Gasteiger partial charge in [0.25, 0.3) is 0 Å². The monoisotopic (exact) mass is 432 g/mol. The van der Waals surface area contributed by atoms with Crippen LogP contribution in [0, 0.1) is 6.92 Å². The largest absolute Gasteiger partial charge is 0.383 e. The Morgan fingerprint density at radius 2 is 1.77 bits per heavy atom. The van der Waals surface area contributed by atoms with Gasteiger partial charge >= 0.3 is 6.03 Å². The molecule has 0 radical (unpaired) electrons. The highest BCUT2D eigenvalue weighted by Crippen LogP contribution is 2.32. The molecule has 0 spiro atoms. The number of urea groups is 1. The van der Waals surface area contributed by atoms with E-state index in [1.54, 1.807) is 7.11 Å². The lowest BCUT2D eigenvalue weighted by atomic mass is 9.93. The first-order valence-corrected chi connectivity index (χ1v) is 11.0. The van der Waals surface area contributed by atoms with Crippen molar-refractivity contribution in [1.82, 2.24) is 9.88 Å². The molecule has 1 aromatic heterocycles. The second-order valence-corrected chi connectivity index (χ2v) is 8.67. The van der Waals surface area contributed by atoms with Gasteiger partial charge in [0.1, 0.15) is 6.54 Å². The van der Waals surface area contributed by atoms with Crippen molar-refractivity contribution in [3.63, 3.8) is 0 Å². The first-order chi connectivity index (χ1) is 14.2. The summed E-state index contributed by atoms with van der Waals surface area (Å²) in [5, 5.41) is 8.20. The quantitative estimate of drug-likeness (QED) is 0.595. The number of methoxy groups -OCH3 is 1. The van der Waals surface area contributed by atoms with Gasteiger partial charge in [-0.3, -0.25) is 4.79 Å². The van der Waals surface area contributed by atoms with Crippen LogP contribution in [0.15, 0.2) is 23.6 Å². The Bertz CT molecular complexity index is 838. The molecule has 1 aromatic carbocycles. The smallest absolute Gasteiger partial charge is 0.322 e. The van der Waals surface area contributed by atoms with Crippen LogP contribution in [-0.2, 0) is 9.53 Å². The Morgan fingerprint density at radius 1 is 1.13 bits per heavy atom. The summed E-state index contributed by atoms with van der Waals surface area (Å²) in [6.45, 7) is 10.8. The molecule has 2 rings (SSSR count).